The third-order valence-electron chi connectivity index (χ3n) is 1.59. The van der Waals surface area contributed by atoms with Crippen molar-refractivity contribution in [2.24, 2.45) is 0 Å². The molecule has 1 aromatic carbocycles. The number of benzene rings is 1. The molecule has 0 aromatic heterocycles. The Bertz CT molecular complexity index is 268. The van der Waals surface area contributed by atoms with E-state index in [2.05, 4.69) is 5.32 Å². The summed E-state index contributed by atoms with van der Waals surface area (Å²) in [4.78, 5) is 0. The Kier molecular flexibility index (Phi) is 3.35. The summed E-state index contributed by atoms with van der Waals surface area (Å²) >= 11 is 0. The number of hydrogen-bond donors (Lipinski definition) is 2. The maximum Gasteiger partial charge on any atom is 0.0615 e. The molecule has 0 bridgehead atoms. The normalized spacial score (nSPS) is 10.5. The quantitative estimate of drug-likeness (QED) is 0.711. The number of aliphatic hydroxyl groups is 1. The molecule has 1 aromatic rings. The van der Waals surface area contributed by atoms with Crippen molar-refractivity contribution in [2.75, 3.05) is 19.0 Å². The molecule has 0 saturated heterocycles. The number of aliphatic hydroxyl groups excluding tert-OH is 1. The van der Waals surface area contributed by atoms with Crippen LogP contribution in [0.3, 0.4) is 0 Å². The van der Waals surface area contributed by atoms with Gasteiger partial charge in [-0.3, -0.25) is 0 Å². The first kappa shape index (κ1) is 8.81. The zero-order valence-corrected chi connectivity index (χ0v) is 7.12. The van der Waals surface area contributed by atoms with E-state index in [1.807, 2.05) is 37.4 Å². The van der Waals surface area contributed by atoms with Crippen LogP contribution in [-0.4, -0.2) is 18.8 Å². The summed E-state index contributed by atoms with van der Waals surface area (Å²) in [5.74, 6) is 0. The summed E-state index contributed by atoms with van der Waals surface area (Å²) in [6.07, 6.45) is 3.61. The smallest absolute Gasteiger partial charge is 0.0615 e. The molecule has 2 heteroatoms. The van der Waals surface area contributed by atoms with Gasteiger partial charge in [0.2, 0.25) is 0 Å². The minimum Gasteiger partial charge on any atom is -0.392 e. The highest BCUT2D eigenvalue weighted by atomic mass is 16.2. The molecule has 2 N–H and O–H groups in total. The van der Waals surface area contributed by atoms with Gasteiger partial charge in [-0.1, -0.05) is 24.3 Å². The maximum atomic E-state index is 8.55. The van der Waals surface area contributed by atoms with Gasteiger partial charge in [0.15, 0.2) is 0 Å². The van der Waals surface area contributed by atoms with Crippen molar-refractivity contribution in [2.45, 2.75) is 0 Å². The zero-order valence-electron chi connectivity index (χ0n) is 7.12. The second-order valence-corrected chi connectivity index (χ2v) is 2.46. The van der Waals surface area contributed by atoms with Crippen molar-refractivity contribution in [3.05, 3.63) is 35.9 Å². The largest absolute Gasteiger partial charge is 0.392 e. The van der Waals surface area contributed by atoms with Crippen LogP contribution in [0, 0.1) is 0 Å². The predicted octanol–water partition coefficient (Wildman–Crippen LogP) is 1.73. The van der Waals surface area contributed by atoms with Crippen LogP contribution in [0.1, 0.15) is 5.56 Å². The number of rotatable bonds is 3. The first-order valence-corrected chi connectivity index (χ1v) is 3.92. The lowest BCUT2D eigenvalue weighted by molar-refractivity contribution is 0.343. The lowest BCUT2D eigenvalue weighted by atomic mass is 10.2. The van der Waals surface area contributed by atoms with E-state index in [-0.39, 0.29) is 6.61 Å². The van der Waals surface area contributed by atoms with E-state index in [4.69, 9.17) is 5.11 Å². The Morgan fingerprint density at radius 2 is 2.33 bits per heavy atom. The fraction of sp³-hybridized carbons (Fsp3) is 0.200. The van der Waals surface area contributed by atoms with Gasteiger partial charge >= 0.3 is 0 Å². The molecule has 0 aliphatic heterocycles. The zero-order chi connectivity index (χ0) is 8.81. The second-order valence-electron chi connectivity index (χ2n) is 2.46. The summed E-state index contributed by atoms with van der Waals surface area (Å²) in [5, 5.41) is 11.6. The molecular weight excluding hydrogens is 150 g/mol. The van der Waals surface area contributed by atoms with Crippen LogP contribution >= 0.6 is 0 Å². The first-order chi connectivity index (χ1) is 5.86. The third kappa shape index (κ3) is 2.40. The maximum absolute atomic E-state index is 8.55. The van der Waals surface area contributed by atoms with E-state index in [1.54, 1.807) is 6.08 Å². The van der Waals surface area contributed by atoms with Crippen LogP contribution in [0.25, 0.3) is 6.08 Å². The van der Waals surface area contributed by atoms with Crippen molar-refractivity contribution >= 4 is 11.8 Å². The molecular formula is C10H13NO. The summed E-state index contributed by atoms with van der Waals surface area (Å²) in [5.41, 5.74) is 2.17. The fourth-order valence-electron chi connectivity index (χ4n) is 0.987. The molecule has 0 spiro atoms. The van der Waals surface area contributed by atoms with E-state index >= 15 is 0 Å². The van der Waals surface area contributed by atoms with Crippen molar-refractivity contribution in [1.82, 2.24) is 0 Å². The van der Waals surface area contributed by atoms with Crippen LogP contribution in [0.4, 0.5) is 5.69 Å². The second kappa shape index (κ2) is 4.57. The highest BCUT2D eigenvalue weighted by Gasteiger charge is 1.88. The molecule has 0 aliphatic carbocycles. The van der Waals surface area contributed by atoms with E-state index in [0.29, 0.717) is 0 Å². The SMILES string of the molecule is CNc1cccc(C=CCO)c1. The minimum atomic E-state index is 0.0871. The summed E-state index contributed by atoms with van der Waals surface area (Å²) in [7, 11) is 1.88. The number of anilines is 1. The van der Waals surface area contributed by atoms with Gasteiger partial charge in [-0.2, -0.15) is 0 Å². The Morgan fingerprint density at radius 1 is 1.50 bits per heavy atom. The van der Waals surface area contributed by atoms with Crippen LogP contribution in [0.15, 0.2) is 30.3 Å². The third-order valence-corrected chi connectivity index (χ3v) is 1.59. The minimum absolute atomic E-state index is 0.0871. The van der Waals surface area contributed by atoms with Crippen molar-refractivity contribution < 1.29 is 5.11 Å². The van der Waals surface area contributed by atoms with Crippen molar-refractivity contribution in [3.8, 4) is 0 Å². The molecule has 0 heterocycles. The molecule has 0 aliphatic rings. The first-order valence-electron chi connectivity index (χ1n) is 3.92. The van der Waals surface area contributed by atoms with E-state index < -0.39 is 0 Å². The van der Waals surface area contributed by atoms with Crippen LogP contribution in [0.2, 0.25) is 0 Å². The fourth-order valence-corrected chi connectivity index (χ4v) is 0.987. The lowest BCUT2D eigenvalue weighted by Gasteiger charge is -1.99. The molecule has 12 heavy (non-hydrogen) atoms. The summed E-state index contributed by atoms with van der Waals surface area (Å²) in [6, 6.07) is 7.98. The molecule has 0 atom stereocenters. The van der Waals surface area contributed by atoms with Gasteiger partial charge in [0, 0.05) is 12.7 Å². The van der Waals surface area contributed by atoms with Gasteiger partial charge in [0.05, 0.1) is 6.61 Å². The van der Waals surface area contributed by atoms with Gasteiger partial charge in [-0.15, -0.1) is 0 Å². The van der Waals surface area contributed by atoms with Crippen LogP contribution in [-0.2, 0) is 0 Å². The average Bonchev–Trinajstić information content (AvgIpc) is 2.15. The van der Waals surface area contributed by atoms with E-state index in [9.17, 15) is 0 Å². The van der Waals surface area contributed by atoms with Crippen molar-refractivity contribution in [3.63, 3.8) is 0 Å². The summed E-state index contributed by atoms with van der Waals surface area (Å²) in [6.45, 7) is 0.0871. The Balaban J connectivity index is 2.79. The monoisotopic (exact) mass is 163 g/mol. The van der Waals surface area contributed by atoms with Gasteiger partial charge in [0.1, 0.15) is 0 Å². The highest BCUT2D eigenvalue weighted by Crippen LogP contribution is 2.10. The van der Waals surface area contributed by atoms with Crippen LogP contribution in [0.5, 0.6) is 0 Å². The standard InChI is InChI=1S/C10H13NO/c1-11-10-6-2-4-9(8-10)5-3-7-12/h2-6,8,11-12H,7H2,1H3. The van der Waals surface area contributed by atoms with Gasteiger partial charge in [-0.05, 0) is 17.7 Å². The summed E-state index contributed by atoms with van der Waals surface area (Å²) < 4.78 is 0. The Morgan fingerprint density at radius 3 is 3.00 bits per heavy atom. The predicted molar refractivity (Wildman–Crippen MR) is 52.1 cm³/mol. The molecule has 64 valence electrons. The number of hydrogen-bond acceptors (Lipinski definition) is 2. The topological polar surface area (TPSA) is 32.3 Å². The van der Waals surface area contributed by atoms with Gasteiger partial charge in [0.25, 0.3) is 0 Å². The van der Waals surface area contributed by atoms with Crippen molar-refractivity contribution in [1.29, 1.82) is 0 Å². The highest BCUT2D eigenvalue weighted by molar-refractivity contribution is 5.56. The number of nitrogens with one attached hydrogen (secondary N) is 1. The van der Waals surface area contributed by atoms with Crippen LogP contribution < -0.4 is 5.32 Å². The van der Waals surface area contributed by atoms with Gasteiger partial charge < -0.3 is 10.4 Å². The molecule has 0 fully saturated rings. The molecule has 0 unspecified atom stereocenters. The Labute approximate surface area is 72.5 Å². The van der Waals surface area contributed by atoms with E-state index in [0.717, 1.165) is 11.3 Å². The molecule has 0 saturated carbocycles. The lowest BCUT2D eigenvalue weighted by Crippen LogP contribution is -1.87. The molecule has 1 rings (SSSR count). The molecule has 2 nitrogen and oxygen atoms in total. The van der Waals surface area contributed by atoms with E-state index in [1.165, 1.54) is 0 Å². The average molecular weight is 163 g/mol. The molecule has 0 amide bonds. The molecule has 0 radical (unpaired) electrons. The van der Waals surface area contributed by atoms with Gasteiger partial charge in [-0.25, -0.2) is 0 Å². The Hall–Kier alpha value is -1.28.